The zero-order chi connectivity index (χ0) is 13.2. The molecule has 0 aliphatic heterocycles. The van der Waals surface area contributed by atoms with Crippen molar-refractivity contribution in [3.63, 3.8) is 0 Å². The van der Waals surface area contributed by atoms with Gasteiger partial charge in [0.05, 0.1) is 10.6 Å². The van der Waals surface area contributed by atoms with Crippen LogP contribution in [0, 0.1) is 6.92 Å². The molecule has 0 unspecified atom stereocenters. The lowest BCUT2D eigenvalue weighted by atomic mass is 10.2. The summed E-state index contributed by atoms with van der Waals surface area (Å²) in [5, 5.41) is 3.81. The Balaban J connectivity index is 2.31. The molecule has 0 bridgehead atoms. The maximum Gasteiger partial charge on any atom is 0.264 e. The molecule has 2 rings (SSSR count). The van der Waals surface area contributed by atoms with E-state index in [1.165, 1.54) is 12.1 Å². The average molecular weight is 266 g/mol. The van der Waals surface area contributed by atoms with Crippen LogP contribution in [0.15, 0.2) is 39.8 Å². The zero-order valence-electron chi connectivity index (χ0n) is 10.2. The maximum absolute atomic E-state index is 12.1. The van der Waals surface area contributed by atoms with Gasteiger partial charge in [-0.2, -0.15) is 0 Å². The van der Waals surface area contributed by atoms with Crippen LogP contribution in [0.2, 0.25) is 0 Å². The van der Waals surface area contributed by atoms with Gasteiger partial charge < -0.3 is 4.52 Å². The molecule has 0 fully saturated rings. The molecule has 6 heteroatoms. The Morgan fingerprint density at radius 3 is 2.50 bits per heavy atom. The van der Waals surface area contributed by atoms with Crippen LogP contribution < -0.4 is 4.72 Å². The summed E-state index contributed by atoms with van der Waals surface area (Å²) in [5.74, 6) is 0.177. The van der Waals surface area contributed by atoms with E-state index in [-0.39, 0.29) is 10.8 Å². The molecule has 2 aromatic rings. The molecule has 5 nitrogen and oxygen atoms in total. The van der Waals surface area contributed by atoms with Gasteiger partial charge in [0.2, 0.25) is 5.88 Å². The van der Waals surface area contributed by atoms with Gasteiger partial charge in [0, 0.05) is 5.56 Å². The van der Waals surface area contributed by atoms with Crippen LogP contribution in [0.25, 0.3) is 0 Å². The van der Waals surface area contributed by atoms with Crippen LogP contribution in [0.3, 0.4) is 0 Å². The van der Waals surface area contributed by atoms with E-state index < -0.39 is 10.0 Å². The van der Waals surface area contributed by atoms with E-state index in [0.717, 1.165) is 11.3 Å². The Labute approximate surface area is 106 Å². The molecule has 1 N–H and O–H groups in total. The molecule has 0 aliphatic rings. The Morgan fingerprint density at radius 1 is 1.28 bits per heavy atom. The van der Waals surface area contributed by atoms with Gasteiger partial charge in [-0.25, -0.2) is 13.1 Å². The van der Waals surface area contributed by atoms with Crippen LogP contribution in [-0.4, -0.2) is 13.6 Å². The first-order valence-electron chi connectivity index (χ1n) is 5.57. The topological polar surface area (TPSA) is 72.2 Å². The smallest absolute Gasteiger partial charge is 0.264 e. The first-order chi connectivity index (χ1) is 8.54. The summed E-state index contributed by atoms with van der Waals surface area (Å²) in [6.45, 7) is 3.71. The summed E-state index contributed by atoms with van der Waals surface area (Å²) in [6, 6.07) is 8.13. The molecule has 1 heterocycles. The second kappa shape index (κ2) is 4.81. The number of anilines is 1. The number of aryl methyl sites for hydroxylation is 1. The lowest BCUT2D eigenvalue weighted by Gasteiger charge is -2.05. The lowest BCUT2D eigenvalue weighted by Crippen LogP contribution is -2.12. The molecule has 0 spiro atoms. The number of rotatable bonds is 4. The van der Waals surface area contributed by atoms with Crippen molar-refractivity contribution in [1.29, 1.82) is 0 Å². The van der Waals surface area contributed by atoms with Crippen molar-refractivity contribution >= 4 is 15.9 Å². The van der Waals surface area contributed by atoms with Gasteiger partial charge in [-0.05, 0) is 25.5 Å². The lowest BCUT2D eigenvalue weighted by molar-refractivity contribution is 0.427. The highest BCUT2D eigenvalue weighted by Crippen LogP contribution is 2.22. The summed E-state index contributed by atoms with van der Waals surface area (Å²) >= 11 is 0. The Bertz CT molecular complexity index is 633. The molecule has 0 saturated carbocycles. The van der Waals surface area contributed by atoms with E-state index in [2.05, 4.69) is 9.88 Å². The molecular weight excluding hydrogens is 252 g/mol. The number of nitrogens with zero attached hydrogens (tertiary/aromatic N) is 1. The maximum atomic E-state index is 12.1. The third-order valence-corrected chi connectivity index (χ3v) is 3.98. The predicted molar refractivity (Wildman–Crippen MR) is 67.9 cm³/mol. The molecule has 0 amide bonds. The van der Waals surface area contributed by atoms with E-state index in [1.807, 2.05) is 6.92 Å². The highest BCUT2D eigenvalue weighted by Gasteiger charge is 2.19. The Hall–Kier alpha value is -1.82. The van der Waals surface area contributed by atoms with Crippen LogP contribution in [0.4, 0.5) is 5.88 Å². The van der Waals surface area contributed by atoms with Gasteiger partial charge in [0.25, 0.3) is 10.0 Å². The first kappa shape index (κ1) is 12.6. The highest BCUT2D eigenvalue weighted by atomic mass is 32.2. The Morgan fingerprint density at radius 2 is 1.94 bits per heavy atom. The SMILES string of the molecule is CCc1noc(NS(=O)(=O)c2ccccc2)c1C. The minimum atomic E-state index is -3.61. The van der Waals surface area contributed by atoms with Crippen molar-refractivity contribution in [3.05, 3.63) is 41.6 Å². The third-order valence-electron chi connectivity index (χ3n) is 2.64. The van der Waals surface area contributed by atoms with Crippen LogP contribution in [-0.2, 0) is 16.4 Å². The van der Waals surface area contributed by atoms with E-state index >= 15 is 0 Å². The van der Waals surface area contributed by atoms with Crippen LogP contribution >= 0.6 is 0 Å². The second-order valence-corrected chi connectivity index (χ2v) is 5.54. The number of aromatic nitrogens is 1. The van der Waals surface area contributed by atoms with Crippen molar-refractivity contribution < 1.29 is 12.9 Å². The monoisotopic (exact) mass is 266 g/mol. The Kier molecular flexibility index (Phi) is 3.38. The fraction of sp³-hybridized carbons (Fsp3) is 0.250. The predicted octanol–water partition coefficient (Wildman–Crippen LogP) is 2.35. The standard InChI is InChI=1S/C12H14N2O3S/c1-3-11-9(2)12(17-13-11)14-18(15,16)10-7-5-4-6-8-10/h4-8,14H,3H2,1-2H3. The van der Waals surface area contributed by atoms with Crippen molar-refractivity contribution in [1.82, 2.24) is 5.16 Å². The minimum absolute atomic E-state index is 0.177. The fourth-order valence-corrected chi connectivity index (χ4v) is 2.64. The molecule has 0 atom stereocenters. The molecule has 0 radical (unpaired) electrons. The minimum Gasteiger partial charge on any atom is -0.337 e. The van der Waals surface area contributed by atoms with Crippen molar-refractivity contribution in [2.75, 3.05) is 4.72 Å². The summed E-state index contributed by atoms with van der Waals surface area (Å²) in [4.78, 5) is 0.193. The van der Waals surface area contributed by atoms with Gasteiger partial charge in [-0.3, -0.25) is 0 Å². The van der Waals surface area contributed by atoms with Gasteiger partial charge >= 0.3 is 0 Å². The van der Waals surface area contributed by atoms with Crippen molar-refractivity contribution in [3.8, 4) is 0 Å². The van der Waals surface area contributed by atoms with E-state index in [0.29, 0.717) is 6.42 Å². The largest absolute Gasteiger partial charge is 0.337 e. The van der Waals surface area contributed by atoms with Crippen LogP contribution in [0.1, 0.15) is 18.2 Å². The number of nitrogens with one attached hydrogen (secondary N) is 1. The molecule has 0 aliphatic carbocycles. The first-order valence-corrected chi connectivity index (χ1v) is 7.06. The molecule has 96 valence electrons. The van der Waals surface area contributed by atoms with Crippen molar-refractivity contribution in [2.45, 2.75) is 25.2 Å². The van der Waals surface area contributed by atoms with Gasteiger partial charge in [0.15, 0.2) is 0 Å². The van der Waals surface area contributed by atoms with E-state index in [1.54, 1.807) is 25.1 Å². The summed E-state index contributed by atoms with van der Waals surface area (Å²) in [6.07, 6.45) is 0.697. The number of benzene rings is 1. The van der Waals surface area contributed by atoms with Gasteiger partial charge in [0.1, 0.15) is 0 Å². The molecule has 0 saturated heterocycles. The number of hydrogen-bond acceptors (Lipinski definition) is 4. The summed E-state index contributed by atoms with van der Waals surface area (Å²) < 4.78 is 31.5. The second-order valence-electron chi connectivity index (χ2n) is 3.86. The molecular formula is C12H14N2O3S. The highest BCUT2D eigenvalue weighted by molar-refractivity contribution is 7.92. The molecule has 18 heavy (non-hydrogen) atoms. The fourth-order valence-electron chi connectivity index (χ4n) is 1.57. The van der Waals surface area contributed by atoms with E-state index in [4.69, 9.17) is 4.52 Å². The average Bonchev–Trinajstić information content (AvgIpc) is 2.71. The zero-order valence-corrected chi connectivity index (χ0v) is 11.0. The number of sulfonamides is 1. The van der Waals surface area contributed by atoms with Gasteiger partial charge in [-0.15, -0.1) is 0 Å². The van der Waals surface area contributed by atoms with Crippen molar-refractivity contribution in [2.24, 2.45) is 0 Å². The van der Waals surface area contributed by atoms with Crippen LogP contribution in [0.5, 0.6) is 0 Å². The number of hydrogen-bond donors (Lipinski definition) is 1. The van der Waals surface area contributed by atoms with E-state index in [9.17, 15) is 8.42 Å². The van der Waals surface area contributed by atoms with Gasteiger partial charge in [-0.1, -0.05) is 30.3 Å². The third kappa shape index (κ3) is 2.38. The summed E-state index contributed by atoms with van der Waals surface area (Å²) in [5.41, 5.74) is 1.47. The molecule has 1 aromatic heterocycles. The quantitative estimate of drug-likeness (QED) is 0.922. The summed E-state index contributed by atoms with van der Waals surface area (Å²) in [7, 11) is -3.61. The normalized spacial score (nSPS) is 11.4. The molecule has 1 aromatic carbocycles.